The Morgan fingerprint density at radius 3 is 2.35 bits per heavy atom. The third kappa shape index (κ3) is 4.34. The summed E-state index contributed by atoms with van der Waals surface area (Å²) in [6.07, 6.45) is 0. The SMILES string of the molecule is CC(=O)c1ccc(N2CCN(C(=S)Nc3cc(Cl)ccc3C)CC2)cc1. The van der Waals surface area contributed by atoms with E-state index in [1.807, 2.05) is 49.4 Å². The number of carbonyl (C=O) groups is 1. The van der Waals surface area contributed by atoms with Gasteiger partial charge in [-0.1, -0.05) is 17.7 Å². The molecule has 26 heavy (non-hydrogen) atoms. The zero-order valence-electron chi connectivity index (χ0n) is 15.0. The fourth-order valence-corrected chi connectivity index (χ4v) is 3.46. The molecule has 0 amide bonds. The number of benzene rings is 2. The molecule has 4 nitrogen and oxygen atoms in total. The lowest BCUT2D eigenvalue weighted by Gasteiger charge is -2.37. The number of halogens is 1. The van der Waals surface area contributed by atoms with E-state index in [9.17, 15) is 4.79 Å². The second-order valence-electron chi connectivity index (χ2n) is 6.47. The lowest BCUT2D eigenvalue weighted by molar-refractivity contribution is 0.101. The lowest BCUT2D eigenvalue weighted by Crippen LogP contribution is -2.50. The predicted octanol–water partition coefficient (Wildman–Crippen LogP) is 4.37. The van der Waals surface area contributed by atoms with Crippen LogP contribution in [0.15, 0.2) is 42.5 Å². The van der Waals surface area contributed by atoms with Gasteiger partial charge in [-0.15, -0.1) is 0 Å². The summed E-state index contributed by atoms with van der Waals surface area (Å²) in [5.41, 5.74) is 3.94. The van der Waals surface area contributed by atoms with Crippen LogP contribution >= 0.6 is 23.8 Å². The molecule has 1 N–H and O–H groups in total. The number of anilines is 2. The van der Waals surface area contributed by atoms with Crippen LogP contribution in [0.5, 0.6) is 0 Å². The van der Waals surface area contributed by atoms with Crippen molar-refractivity contribution in [3.63, 3.8) is 0 Å². The third-order valence-electron chi connectivity index (χ3n) is 4.65. The number of thiocarbonyl (C=S) groups is 1. The number of hydrogen-bond acceptors (Lipinski definition) is 3. The number of nitrogens with one attached hydrogen (secondary N) is 1. The minimum atomic E-state index is 0.0918. The maximum Gasteiger partial charge on any atom is 0.173 e. The molecule has 0 aliphatic carbocycles. The molecule has 1 aliphatic heterocycles. The summed E-state index contributed by atoms with van der Waals surface area (Å²) in [5.74, 6) is 0.0918. The average molecular weight is 388 g/mol. The van der Waals surface area contributed by atoms with Gasteiger partial charge in [0.1, 0.15) is 0 Å². The number of ketones is 1. The van der Waals surface area contributed by atoms with E-state index >= 15 is 0 Å². The molecule has 1 fully saturated rings. The Morgan fingerprint density at radius 2 is 1.73 bits per heavy atom. The number of nitrogens with zero attached hydrogens (tertiary/aromatic N) is 2. The van der Waals surface area contributed by atoms with Gasteiger partial charge < -0.3 is 15.1 Å². The van der Waals surface area contributed by atoms with Gasteiger partial charge in [0, 0.05) is 48.1 Å². The highest BCUT2D eigenvalue weighted by Crippen LogP contribution is 2.22. The highest BCUT2D eigenvalue weighted by atomic mass is 35.5. The van der Waals surface area contributed by atoms with E-state index in [-0.39, 0.29) is 5.78 Å². The van der Waals surface area contributed by atoms with Crippen LogP contribution in [0.25, 0.3) is 0 Å². The zero-order chi connectivity index (χ0) is 18.7. The van der Waals surface area contributed by atoms with Crippen LogP contribution in [0.1, 0.15) is 22.8 Å². The quantitative estimate of drug-likeness (QED) is 0.625. The van der Waals surface area contributed by atoms with Crippen molar-refractivity contribution >= 4 is 46.1 Å². The summed E-state index contributed by atoms with van der Waals surface area (Å²) in [7, 11) is 0. The van der Waals surface area contributed by atoms with Crippen LogP contribution in [0, 0.1) is 6.92 Å². The van der Waals surface area contributed by atoms with Crippen molar-refractivity contribution in [2.45, 2.75) is 13.8 Å². The van der Waals surface area contributed by atoms with Crippen LogP contribution in [0.3, 0.4) is 0 Å². The smallest absolute Gasteiger partial charge is 0.173 e. The van der Waals surface area contributed by atoms with E-state index in [4.69, 9.17) is 23.8 Å². The van der Waals surface area contributed by atoms with Crippen molar-refractivity contribution < 1.29 is 4.79 Å². The molecule has 1 aliphatic rings. The number of carbonyl (C=O) groups excluding carboxylic acids is 1. The molecule has 1 saturated heterocycles. The number of Topliss-reactive ketones (excluding diaryl/α,β-unsaturated/α-hetero) is 1. The van der Waals surface area contributed by atoms with Gasteiger partial charge in [0.15, 0.2) is 10.9 Å². The first-order valence-corrected chi connectivity index (χ1v) is 9.40. The van der Waals surface area contributed by atoms with Crippen LogP contribution in [0.2, 0.25) is 5.02 Å². The second-order valence-corrected chi connectivity index (χ2v) is 7.29. The molecule has 0 bridgehead atoms. The molecule has 0 saturated carbocycles. The fraction of sp³-hybridized carbons (Fsp3) is 0.300. The predicted molar refractivity (Wildman–Crippen MR) is 113 cm³/mol. The summed E-state index contributed by atoms with van der Waals surface area (Å²) in [5, 5.41) is 4.73. The zero-order valence-corrected chi connectivity index (χ0v) is 16.5. The Hall–Kier alpha value is -2.11. The number of piperazine rings is 1. The monoisotopic (exact) mass is 387 g/mol. The molecule has 0 radical (unpaired) electrons. The van der Waals surface area contributed by atoms with E-state index in [1.165, 1.54) is 0 Å². The van der Waals surface area contributed by atoms with E-state index in [1.54, 1.807) is 6.92 Å². The number of aryl methyl sites for hydroxylation is 1. The van der Waals surface area contributed by atoms with Crippen molar-refractivity contribution in [3.8, 4) is 0 Å². The van der Waals surface area contributed by atoms with Crippen LogP contribution in [0.4, 0.5) is 11.4 Å². The first kappa shape index (κ1) is 18.7. The van der Waals surface area contributed by atoms with Crippen LogP contribution < -0.4 is 10.2 Å². The fourth-order valence-electron chi connectivity index (χ4n) is 3.00. The molecule has 6 heteroatoms. The van der Waals surface area contributed by atoms with Gasteiger partial charge >= 0.3 is 0 Å². The van der Waals surface area contributed by atoms with E-state index in [0.29, 0.717) is 5.02 Å². The van der Waals surface area contributed by atoms with Crippen molar-refractivity contribution in [2.75, 3.05) is 36.4 Å². The first-order chi connectivity index (χ1) is 12.4. The summed E-state index contributed by atoms with van der Waals surface area (Å²) in [6.45, 7) is 7.08. The average Bonchev–Trinajstić information content (AvgIpc) is 2.65. The van der Waals surface area contributed by atoms with Gasteiger partial charge in [-0.3, -0.25) is 4.79 Å². The second kappa shape index (κ2) is 8.06. The Balaban J connectivity index is 1.58. The molecule has 3 rings (SSSR count). The van der Waals surface area contributed by atoms with Gasteiger partial charge in [-0.25, -0.2) is 0 Å². The molecule has 0 unspecified atom stereocenters. The Labute approximate surface area is 164 Å². The summed E-state index contributed by atoms with van der Waals surface area (Å²) < 4.78 is 0. The van der Waals surface area contributed by atoms with Crippen molar-refractivity contribution in [1.82, 2.24) is 4.90 Å². The van der Waals surface area contributed by atoms with Crippen molar-refractivity contribution in [2.24, 2.45) is 0 Å². The molecule has 2 aromatic carbocycles. The maximum absolute atomic E-state index is 11.4. The summed E-state index contributed by atoms with van der Waals surface area (Å²) in [6, 6.07) is 13.6. The van der Waals surface area contributed by atoms with Gasteiger partial charge in [-0.05, 0) is 68.0 Å². The van der Waals surface area contributed by atoms with Crippen LogP contribution in [-0.4, -0.2) is 42.0 Å². The van der Waals surface area contributed by atoms with E-state index < -0.39 is 0 Å². The Kier molecular flexibility index (Phi) is 5.79. The Bertz CT molecular complexity index is 814. The largest absolute Gasteiger partial charge is 0.368 e. The van der Waals surface area contributed by atoms with Crippen LogP contribution in [-0.2, 0) is 0 Å². The standard InChI is InChI=1S/C20H22ClN3OS/c1-14-3-6-17(21)13-19(14)22-20(26)24-11-9-23(10-12-24)18-7-4-16(5-8-18)15(2)25/h3-8,13H,9-12H2,1-2H3,(H,22,26). The van der Waals surface area contributed by atoms with E-state index in [0.717, 1.165) is 53.8 Å². The summed E-state index contributed by atoms with van der Waals surface area (Å²) >= 11 is 11.7. The van der Waals surface area contributed by atoms with Gasteiger partial charge in [0.2, 0.25) is 0 Å². The molecular weight excluding hydrogens is 366 g/mol. The minimum absolute atomic E-state index is 0.0918. The topological polar surface area (TPSA) is 35.6 Å². The molecule has 0 atom stereocenters. The van der Waals surface area contributed by atoms with Crippen molar-refractivity contribution in [3.05, 3.63) is 58.6 Å². The number of hydrogen-bond donors (Lipinski definition) is 1. The lowest BCUT2D eigenvalue weighted by atomic mass is 10.1. The van der Waals surface area contributed by atoms with Gasteiger partial charge in [-0.2, -0.15) is 0 Å². The molecule has 136 valence electrons. The van der Waals surface area contributed by atoms with Gasteiger partial charge in [0.25, 0.3) is 0 Å². The molecule has 1 heterocycles. The molecule has 2 aromatic rings. The normalized spacial score (nSPS) is 14.3. The third-order valence-corrected chi connectivity index (χ3v) is 5.24. The first-order valence-electron chi connectivity index (χ1n) is 8.62. The molecular formula is C20H22ClN3OS. The molecule has 0 aromatic heterocycles. The summed E-state index contributed by atoms with van der Waals surface area (Å²) in [4.78, 5) is 15.9. The highest BCUT2D eigenvalue weighted by molar-refractivity contribution is 7.80. The Morgan fingerprint density at radius 1 is 1.08 bits per heavy atom. The van der Waals surface area contributed by atoms with Crippen molar-refractivity contribution in [1.29, 1.82) is 0 Å². The molecule has 0 spiro atoms. The van der Waals surface area contributed by atoms with E-state index in [2.05, 4.69) is 15.1 Å². The van der Waals surface area contributed by atoms with Gasteiger partial charge in [0.05, 0.1) is 0 Å². The maximum atomic E-state index is 11.4. The minimum Gasteiger partial charge on any atom is -0.368 e. The highest BCUT2D eigenvalue weighted by Gasteiger charge is 2.19. The number of rotatable bonds is 3.